The average molecular weight is 320 g/mol. The SMILES string of the molecule is Cc1c(CO)cc(Cl)cc1S(=O)(=O)N1CCCOCC1. The molecule has 0 spiro atoms. The molecule has 20 heavy (non-hydrogen) atoms. The smallest absolute Gasteiger partial charge is 0.243 e. The van der Waals surface area contributed by atoms with Crippen molar-refractivity contribution in [1.82, 2.24) is 4.31 Å². The number of halogens is 1. The largest absolute Gasteiger partial charge is 0.392 e. The first kappa shape index (κ1) is 15.7. The van der Waals surface area contributed by atoms with Crippen molar-refractivity contribution >= 4 is 21.6 Å². The predicted molar refractivity (Wildman–Crippen MR) is 76.3 cm³/mol. The van der Waals surface area contributed by atoms with Gasteiger partial charge in [0.25, 0.3) is 0 Å². The summed E-state index contributed by atoms with van der Waals surface area (Å²) in [5, 5.41) is 9.61. The second-order valence-corrected chi connectivity index (χ2v) is 7.06. The normalized spacial score (nSPS) is 17.9. The summed E-state index contributed by atoms with van der Waals surface area (Å²) < 4.78 is 32.1. The number of ether oxygens (including phenoxy) is 1. The predicted octanol–water partition coefficient (Wildman–Crippen LogP) is 1.55. The van der Waals surface area contributed by atoms with E-state index in [1.54, 1.807) is 13.0 Å². The third-order valence-corrected chi connectivity index (χ3v) is 5.64. The molecule has 1 aromatic rings. The number of aliphatic hydroxyl groups excluding tert-OH is 1. The van der Waals surface area contributed by atoms with Crippen LogP contribution in [0.25, 0.3) is 0 Å². The minimum atomic E-state index is -3.61. The van der Waals surface area contributed by atoms with Gasteiger partial charge in [-0.25, -0.2) is 8.42 Å². The monoisotopic (exact) mass is 319 g/mol. The van der Waals surface area contributed by atoms with E-state index in [1.165, 1.54) is 10.4 Å². The lowest BCUT2D eigenvalue weighted by atomic mass is 10.1. The summed E-state index contributed by atoms with van der Waals surface area (Å²) in [6, 6.07) is 3.03. The topological polar surface area (TPSA) is 66.8 Å². The van der Waals surface area contributed by atoms with Crippen LogP contribution in [-0.2, 0) is 21.4 Å². The van der Waals surface area contributed by atoms with Crippen LogP contribution in [0.5, 0.6) is 0 Å². The molecular formula is C13H18ClNO4S. The van der Waals surface area contributed by atoms with Gasteiger partial charge in [-0.1, -0.05) is 11.6 Å². The molecule has 0 atom stereocenters. The molecule has 1 heterocycles. The van der Waals surface area contributed by atoms with E-state index in [-0.39, 0.29) is 11.5 Å². The maximum absolute atomic E-state index is 12.7. The molecule has 0 saturated carbocycles. The zero-order valence-electron chi connectivity index (χ0n) is 11.3. The highest BCUT2D eigenvalue weighted by atomic mass is 35.5. The molecule has 0 aromatic heterocycles. The third kappa shape index (κ3) is 3.15. The molecule has 112 valence electrons. The number of nitrogens with zero attached hydrogens (tertiary/aromatic N) is 1. The fourth-order valence-corrected chi connectivity index (χ4v) is 4.30. The summed E-state index contributed by atoms with van der Waals surface area (Å²) in [5.41, 5.74) is 1.07. The van der Waals surface area contributed by atoms with Crippen LogP contribution >= 0.6 is 11.6 Å². The van der Waals surface area contributed by atoms with Gasteiger partial charge in [-0.05, 0) is 36.6 Å². The average Bonchev–Trinajstić information content (AvgIpc) is 2.70. The second kappa shape index (κ2) is 6.41. The number of sulfonamides is 1. The summed E-state index contributed by atoms with van der Waals surface area (Å²) in [6.45, 7) is 3.18. The van der Waals surface area contributed by atoms with E-state index in [2.05, 4.69) is 0 Å². The molecule has 1 N–H and O–H groups in total. The van der Waals surface area contributed by atoms with Crippen molar-refractivity contribution in [3.05, 3.63) is 28.3 Å². The van der Waals surface area contributed by atoms with Crippen LogP contribution in [0.3, 0.4) is 0 Å². The van der Waals surface area contributed by atoms with Gasteiger partial charge in [-0.15, -0.1) is 0 Å². The van der Waals surface area contributed by atoms with Crippen molar-refractivity contribution in [3.63, 3.8) is 0 Å². The first-order valence-electron chi connectivity index (χ1n) is 6.44. The molecule has 5 nitrogen and oxygen atoms in total. The third-order valence-electron chi connectivity index (χ3n) is 3.40. The van der Waals surface area contributed by atoms with Gasteiger partial charge in [-0.3, -0.25) is 0 Å². The fraction of sp³-hybridized carbons (Fsp3) is 0.538. The molecule has 1 fully saturated rings. The Labute approximate surface area is 124 Å². The Morgan fingerprint density at radius 3 is 2.80 bits per heavy atom. The summed E-state index contributed by atoms with van der Waals surface area (Å²) in [5.74, 6) is 0. The fourth-order valence-electron chi connectivity index (χ4n) is 2.24. The van der Waals surface area contributed by atoms with Crippen LogP contribution in [0.4, 0.5) is 0 Å². The molecule has 1 saturated heterocycles. The standard InChI is InChI=1S/C13H18ClNO4S/c1-10-11(9-16)7-12(14)8-13(10)20(17,18)15-3-2-5-19-6-4-15/h7-8,16H,2-6,9H2,1H3. The zero-order chi connectivity index (χ0) is 14.8. The number of aliphatic hydroxyl groups is 1. The van der Waals surface area contributed by atoms with Gasteiger partial charge < -0.3 is 9.84 Å². The molecule has 0 unspecified atom stereocenters. The van der Waals surface area contributed by atoms with Crippen molar-refractivity contribution in [2.75, 3.05) is 26.3 Å². The lowest BCUT2D eigenvalue weighted by Crippen LogP contribution is -2.33. The minimum absolute atomic E-state index is 0.163. The Hall–Kier alpha value is -0.660. The van der Waals surface area contributed by atoms with Crippen molar-refractivity contribution in [2.24, 2.45) is 0 Å². The first-order chi connectivity index (χ1) is 9.46. The number of rotatable bonds is 3. The minimum Gasteiger partial charge on any atom is -0.392 e. The van der Waals surface area contributed by atoms with Crippen LogP contribution in [0.1, 0.15) is 17.5 Å². The van der Waals surface area contributed by atoms with Crippen molar-refractivity contribution in [2.45, 2.75) is 24.8 Å². The number of benzene rings is 1. The van der Waals surface area contributed by atoms with Gasteiger partial charge in [0.2, 0.25) is 10.0 Å². The maximum Gasteiger partial charge on any atom is 0.243 e. The van der Waals surface area contributed by atoms with Crippen molar-refractivity contribution < 1.29 is 18.3 Å². The lowest BCUT2D eigenvalue weighted by Gasteiger charge is -2.21. The molecule has 0 radical (unpaired) electrons. The number of hydrogen-bond acceptors (Lipinski definition) is 4. The molecule has 1 aliphatic heterocycles. The van der Waals surface area contributed by atoms with Crippen LogP contribution in [0.2, 0.25) is 5.02 Å². The van der Waals surface area contributed by atoms with Gasteiger partial charge >= 0.3 is 0 Å². The molecule has 0 aliphatic carbocycles. The van der Waals surface area contributed by atoms with Gasteiger partial charge in [0.1, 0.15) is 0 Å². The van der Waals surface area contributed by atoms with Gasteiger partial charge in [0, 0.05) is 24.7 Å². The zero-order valence-corrected chi connectivity index (χ0v) is 12.9. The van der Waals surface area contributed by atoms with Gasteiger partial charge in [-0.2, -0.15) is 4.31 Å². The van der Waals surface area contributed by atoms with E-state index in [0.29, 0.717) is 48.9 Å². The van der Waals surface area contributed by atoms with E-state index in [0.717, 1.165) is 0 Å². The highest BCUT2D eigenvalue weighted by molar-refractivity contribution is 7.89. The van der Waals surface area contributed by atoms with Crippen molar-refractivity contribution in [3.8, 4) is 0 Å². The maximum atomic E-state index is 12.7. The Morgan fingerprint density at radius 2 is 2.10 bits per heavy atom. The molecular weight excluding hydrogens is 302 g/mol. The molecule has 0 amide bonds. The molecule has 1 aromatic carbocycles. The van der Waals surface area contributed by atoms with Crippen molar-refractivity contribution in [1.29, 1.82) is 0 Å². The summed E-state index contributed by atoms with van der Waals surface area (Å²) in [7, 11) is -3.61. The molecule has 7 heteroatoms. The molecule has 0 bridgehead atoms. The van der Waals surface area contributed by atoms with E-state index < -0.39 is 10.0 Å². The highest BCUT2D eigenvalue weighted by Crippen LogP contribution is 2.27. The van der Waals surface area contributed by atoms with E-state index >= 15 is 0 Å². The summed E-state index contributed by atoms with van der Waals surface area (Å²) >= 11 is 5.96. The Balaban J connectivity index is 2.45. The Kier molecular flexibility index (Phi) is 5.04. The summed E-state index contributed by atoms with van der Waals surface area (Å²) in [4.78, 5) is 0.163. The van der Waals surface area contributed by atoms with E-state index in [1.807, 2.05) is 0 Å². The quantitative estimate of drug-likeness (QED) is 0.918. The first-order valence-corrected chi connectivity index (χ1v) is 8.26. The van der Waals surface area contributed by atoms with Gasteiger partial charge in [0.05, 0.1) is 18.1 Å². The Bertz CT molecular complexity index is 580. The van der Waals surface area contributed by atoms with E-state index in [4.69, 9.17) is 16.3 Å². The molecule has 1 aliphatic rings. The molecule has 2 rings (SSSR count). The van der Waals surface area contributed by atoms with Crippen LogP contribution in [-0.4, -0.2) is 44.1 Å². The lowest BCUT2D eigenvalue weighted by molar-refractivity contribution is 0.148. The highest BCUT2D eigenvalue weighted by Gasteiger charge is 2.28. The second-order valence-electron chi connectivity index (χ2n) is 4.72. The summed E-state index contributed by atoms with van der Waals surface area (Å²) in [6.07, 6.45) is 0.672. The van der Waals surface area contributed by atoms with Crippen LogP contribution < -0.4 is 0 Å². The van der Waals surface area contributed by atoms with Crippen LogP contribution in [0, 0.1) is 6.92 Å². The Morgan fingerprint density at radius 1 is 1.35 bits per heavy atom. The van der Waals surface area contributed by atoms with Gasteiger partial charge in [0.15, 0.2) is 0 Å². The van der Waals surface area contributed by atoms with Crippen LogP contribution in [0.15, 0.2) is 17.0 Å². The van der Waals surface area contributed by atoms with E-state index in [9.17, 15) is 13.5 Å². The number of hydrogen-bond donors (Lipinski definition) is 1.